The first-order valence-corrected chi connectivity index (χ1v) is 6.56. The molecule has 5 heteroatoms. The Bertz CT molecular complexity index is 521. The van der Waals surface area contributed by atoms with Crippen LogP contribution in [0.15, 0.2) is 29.4 Å². The van der Waals surface area contributed by atoms with E-state index in [2.05, 4.69) is 11.2 Å². The number of carbonyl (C=O) groups is 1. The van der Waals surface area contributed by atoms with Crippen molar-refractivity contribution in [3.05, 3.63) is 40.3 Å². The Morgan fingerprint density at radius 1 is 1.32 bits per heavy atom. The number of carboxylic acid groups (broad SMARTS) is 1. The van der Waals surface area contributed by atoms with Gasteiger partial charge in [-0.05, 0) is 30.4 Å². The second-order valence-corrected chi connectivity index (χ2v) is 5.46. The van der Waals surface area contributed by atoms with Crippen molar-refractivity contribution in [1.82, 2.24) is 4.90 Å². The predicted octanol–water partition coefficient (Wildman–Crippen LogP) is 2.91. The molecule has 1 atom stereocenters. The average molecular weight is 260 g/mol. The maximum absolute atomic E-state index is 11.0. The number of hydrogen-bond acceptors (Lipinski definition) is 3. The van der Waals surface area contributed by atoms with E-state index >= 15 is 0 Å². The SMILES string of the molecule is O=NC1CC2(CCN(C(=O)O)CC2)c2ccccc21. The lowest BCUT2D eigenvalue weighted by Crippen LogP contribution is -2.43. The summed E-state index contributed by atoms with van der Waals surface area (Å²) in [4.78, 5) is 23.4. The number of nitrogens with zero attached hydrogens (tertiary/aromatic N) is 2. The van der Waals surface area contributed by atoms with Crippen molar-refractivity contribution < 1.29 is 9.90 Å². The minimum Gasteiger partial charge on any atom is -0.465 e. The molecule has 0 radical (unpaired) electrons. The molecule has 0 bridgehead atoms. The summed E-state index contributed by atoms with van der Waals surface area (Å²) < 4.78 is 0. The summed E-state index contributed by atoms with van der Waals surface area (Å²) in [5.74, 6) is 0. The molecule has 3 rings (SSSR count). The van der Waals surface area contributed by atoms with Gasteiger partial charge < -0.3 is 10.0 Å². The van der Waals surface area contributed by atoms with Crippen LogP contribution in [0.3, 0.4) is 0 Å². The van der Waals surface area contributed by atoms with Crippen LogP contribution in [0.1, 0.15) is 36.4 Å². The minimum atomic E-state index is -0.855. The molecular weight excluding hydrogens is 244 g/mol. The molecule has 1 aromatic rings. The molecule has 1 aromatic carbocycles. The van der Waals surface area contributed by atoms with Crippen LogP contribution in [0, 0.1) is 4.91 Å². The molecule has 19 heavy (non-hydrogen) atoms. The number of piperidine rings is 1. The van der Waals surface area contributed by atoms with Gasteiger partial charge in [-0.25, -0.2) is 4.79 Å². The van der Waals surface area contributed by atoms with E-state index in [1.54, 1.807) is 0 Å². The van der Waals surface area contributed by atoms with E-state index in [4.69, 9.17) is 5.11 Å². The average Bonchev–Trinajstić information content (AvgIpc) is 2.74. The zero-order valence-corrected chi connectivity index (χ0v) is 10.6. The second-order valence-electron chi connectivity index (χ2n) is 5.46. The summed E-state index contributed by atoms with van der Waals surface area (Å²) in [6.45, 7) is 1.07. The largest absolute Gasteiger partial charge is 0.465 e. The van der Waals surface area contributed by atoms with Crippen LogP contribution in [0.5, 0.6) is 0 Å². The first-order chi connectivity index (χ1) is 9.16. The maximum Gasteiger partial charge on any atom is 0.407 e. The molecule has 2 aliphatic rings. The minimum absolute atomic E-state index is 0.0544. The van der Waals surface area contributed by atoms with Crippen molar-refractivity contribution in [3.8, 4) is 0 Å². The molecule has 1 saturated heterocycles. The topological polar surface area (TPSA) is 70.0 Å². The van der Waals surface area contributed by atoms with Crippen molar-refractivity contribution in [2.24, 2.45) is 5.18 Å². The van der Waals surface area contributed by atoms with Crippen LogP contribution in [0.4, 0.5) is 4.79 Å². The Morgan fingerprint density at radius 3 is 2.63 bits per heavy atom. The lowest BCUT2D eigenvalue weighted by Gasteiger charge is -2.39. The number of rotatable bonds is 1. The Hall–Kier alpha value is -1.91. The highest BCUT2D eigenvalue weighted by Gasteiger charge is 2.46. The monoisotopic (exact) mass is 260 g/mol. The molecule has 100 valence electrons. The fourth-order valence-corrected chi connectivity index (χ4v) is 3.55. The van der Waals surface area contributed by atoms with Gasteiger partial charge in [-0.3, -0.25) is 0 Å². The van der Waals surface area contributed by atoms with Gasteiger partial charge in [0, 0.05) is 18.5 Å². The number of benzene rings is 1. The van der Waals surface area contributed by atoms with Crippen LogP contribution in [0.25, 0.3) is 0 Å². The Balaban J connectivity index is 1.91. The Labute approximate surface area is 111 Å². The van der Waals surface area contributed by atoms with Gasteiger partial charge in [0.1, 0.15) is 6.04 Å². The standard InChI is InChI=1S/C14H16N2O3/c17-13(18)16-7-5-14(6-8-16)9-12(15-19)10-3-1-2-4-11(10)14/h1-4,12H,5-9H2,(H,17,18). The highest BCUT2D eigenvalue weighted by molar-refractivity contribution is 5.65. The second kappa shape index (κ2) is 4.33. The van der Waals surface area contributed by atoms with Gasteiger partial charge in [-0.15, -0.1) is 0 Å². The van der Waals surface area contributed by atoms with Gasteiger partial charge in [0.05, 0.1) is 0 Å². The van der Waals surface area contributed by atoms with Crippen LogP contribution >= 0.6 is 0 Å². The molecule has 1 aliphatic carbocycles. The molecule has 0 saturated carbocycles. The maximum atomic E-state index is 11.0. The van der Waals surface area contributed by atoms with E-state index < -0.39 is 6.09 Å². The summed E-state index contributed by atoms with van der Waals surface area (Å²) in [5.41, 5.74) is 2.17. The Kier molecular flexibility index (Phi) is 2.77. The quantitative estimate of drug-likeness (QED) is 0.789. The third-order valence-electron chi connectivity index (χ3n) is 4.59. The highest BCUT2D eigenvalue weighted by Crippen LogP contribution is 2.51. The molecule has 1 fully saturated rings. The van der Waals surface area contributed by atoms with E-state index in [-0.39, 0.29) is 11.5 Å². The fourth-order valence-electron chi connectivity index (χ4n) is 3.55. The smallest absolute Gasteiger partial charge is 0.407 e. The van der Waals surface area contributed by atoms with Gasteiger partial charge in [0.15, 0.2) is 0 Å². The predicted molar refractivity (Wildman–Crippen MR) is 70.1 cm³/mol. The lowest BCUT2D eigenvalue weighted by molar-refractivity contribution is 0.115. The zero-order valence-electron chi connectivity index (χ0n) is 10.6. The van der Waals surface area contributed by atoms with Crippen molar-refractivity contribution in [1.29, 1.82) is 0 Å². The van der Waals surface area contributed by atoms with E-state index in [9.17, 15) is 9.70 Å². The molecule has 1 aliphatic heterocycles. The van der Waals surface area contributed by atoms with Crippen LogP contribution < -0.4 is 0 Å². The summed E-state index contributed by atoms with van der Waals surface area (Å²) >= 11 is 0. The number of amides is 1. The van der Waals surface area contributed by atoms with Crippen molar-refractivity contribution in [2.75, 3.05) is 13.1 Å². The summed E-state index contributed by atoms with van der Waals surface area (Å²) in [6, 6.07) is 7.68. The first-order valence-electron chi connectivity index (χ1n) is 6.56. The first kappa shape index (κ1) is 12.1. The van der Waals surface area contributed by atoms with Gasteiger partial charge in [0.2, 0.25) is 0 Å². The van der Waals surface area contributed by atoms with Gasteiger partial charge in [-0.1, -0.05) is 29.4 Å². The van der Waals surface area contributed by atoms with Crippen LogP contribution in [-0.2, 0) is 5.41 Å². The number of fused-ring (bicyclic) bond motifs is 2. The van der Waals surface area contributed by atoms with Gasteiger partial charge >= 0.3 is 6.09 Å². The molecule has 1 amide bonds. The number of likely N-dealkylation sites (tertiary alicyclic amines) is 1. The normalized spacial score (nSPS) is 24.2. The fraction of sp³-hybridized carbons (Fsp3) is 0.500. The third kappa shape index (κ3) is 1.80. The molecule has 1 heterocycles. The molecule has 5 nitrogen and oxygen atoms in total. The van der Waals surface area contributed by atoms with Crippen LogP contribution in [0.2, 0.25) is 0 Å². The lowest BCUT2D eigenvalue weighted by atomic mass is 9.74. The number of nitroso groups, excluding NO2 is 1. The van der Waals surface area contributed by atoms with Crippen LogP contribution in [-0.4, -0.2) is 29.2 Å². The molecule has 1 spiro atoms. The van der Waals surface area contributed by atoms with E-state index in [1.807, 2.05) is 18.2 Å². The molecular formula is C14H16N2O3. The van der Waals surface area contributed by atoms with Crippen molar-refractivity contribution >= 4 is 6.09 Å². The van der Waals surface area contributed by atoms with E-state index in [1.165, 1.54) is 10.5 Å². The summed E-state index contributed by atoms with van der Waals surface area (Å²) in [7, 11) is 0. The molecule has 1 unspecified atom stereocenters. The molecule has 0 aromatic heterocycles. The van der Waals surface area contributed by atoms with Crippen molar-refractivity contribution in [3.63, 3.8) is 0 Å². The van der Waals surface area contributed by atoms with E-state index in [0.29, 0.717) is 13.1 Å². The zero-order chi connectivity index (χ0) is 13.5. The van der Waals surface area contributed by atoms with E-state index in [0.717, 1.165) is 24.8 Å². The Morgan fingerprint density at radius 2 is 2.00 bits per heavy atom. The molecule has 1 N–H and O–H groups in total. The highest BCUT2D eigenvalue weighted by atomic mass is 16.4. The number of hydrogen-bond donors (Lipinski definition) is 1. The summed E-state index contributed by atoms with van der Waals surface area (Å²) in [6.07, 6.45) is 1.43. The van der Waals surface area contributed by atoms with Gasteiger partial charge in [-0.2, -0.15) is 4.91 Å². The summed E-state index contributed by atoms with van der Waals surface area (Å²) in [5, 5.41) is 12.3. The van der Waals surface area contributed by atoms with Crippen molar-refractivity contribution in [2.45, 2.75) is 30.7 Å². The third-order valence-corrected chi connectivity index (χ3v) is 4.59. The van der Waals surface area contributed by atoms with Gasteiger partial charge in [0.25, 0.3) is 0 Å².